The maximum atomic E-state index is 5.81. The van der Waals surface area contributed by atoms with Crippen LogP contribution in [0.25, 0.3) is 0 Å². The van der Waals surface area contributed by atoms with E-state index in [9.17, 15) is 0 Å². The van der Waals surface area contributed by atoms with Crippen LogP contribution in [0, 0.1) is 0 Å². The molecule has 1 aliphatic rings. The average Bonchev–Trinajstić information content (AvgIpc) is 2.92. The fraction of sp³-hybridized carbons (Fsp3) is 0.846. The second-order valence-electron chi connectivity index (χ2n) is 5.67. The minimum atomic E-state index is -0.0664. The molecule has 3 N–H and O–H groups in total. The molecule has 0 amide bonds. The molecule has 0 radical (unpaired) electrons. The van der Waals surface area contributed by atoms with Gasteiger partial charge >= 0.3 is 0 Å². The summed E-state index contributed by atoms with van der Waals surface area (Å²) in [5.74, 6) is 6.78. The number of aryl methyl sites for hydroxylation is 1. The van der Waals surface area contributed by atoms with E-state index in [-0.39, 0.29) is 11.6 Å². The van der Waals surface area contributed by atoms with Gasteiger partial charge in [0.1, 0.15) is 12.2 Å². The number of hydrogen-bond acceptors (Lipinski definition) is 6. The summed E-state index contributed by atoms with van der Waals surface area (Å²) in [5, 5.41) is 4.22. The summed E-state index contributed by atoms with van der Waals surface area (Å²) in [5.41, 5.74) is 2.90. The number of ether oxygens (including phenoxy) is 1. The van der Waals surface area contributed by atoms with Crippen LogP contribution in [0.15, 0.2) is 6.33 Å². The van der Waals surface area contributed by atoms with Gasteiger partial charge in [-0.2, -0.15) is 5.10 Å². The minimum absolute atomic E-state index is 0.0664. The minimum Gasteiger partial charge on any atom is -0.379 e. The van der Waals surface area contributed by atoms with Gasteiger partial charge in [-0.05, 0) is 20.8 Å². The smallest absolute Gasteiger partial charge is 0.138 e. The first-order valence-electron chi connectivity index (χ1n) is 7.25. The Bertz CT molecular complexity index is 413. The van der Waals surface area contributed by atoms with Crippen LogP contribution >= 0.6 is 0 Å². The molecule has 114 valence electrons. The molecule has 2 rings (SSSR count). The highest BCUT2D eigenvalue weighted by Gasteiger charge is 2.36. The summed E-state index contributed by atoms with van der Waals surface area (Å²) in [6.07, 6.45) is 2.36. The molecule has 0 aromatic carbocycles. The van der Waals surface area contributed by atoms with Crippen LogP contribution in [0.3, 0.4) is 0 Å². The van der Waals surface area contributed by atoms with Crippen LogP contribution < -0.4 is 11.3 Å². The molecule has 1 aliphatic heterocycles. The van der Waals surface area contributed by atoms with Crippen molar-refractivity contribution in [3.05, 3.63) is 12.2 Å². The Morgan fingerprint density at radius 3 is 2.75 bits per heavy atom. The largest absolute Gasteiger partial charge is 0.379 e. The first-order chi connectivity index (χ1) is 9.59. The molecule has 1 aromatic rings. The van der Waals surface area contributed by atoms with Crippen molar-refractivity contribution in [3.63, 3.8) is 0 Å². The summed E-state index contributed by atoms with van der Waals surface area (Å²) in [6.45, 7) is 10.8. The van der Waals surface area contributed by atoms with Crippen molar-refractivity contribution in [2.45, 2.75) is 45.3 Å². The molecule has 2 heterocycles. The Labute approximate surface area is 120 Å². The van der Waals surface area contributed by atoms with Crippen LogP contribution in [0.4, 0.5) is 0 Å². The normalized spacial score (nSPS) is 19.2. The highest BCUT2D eigenvalue weighted by atomic mass is 16.5. The van der Waals surface area contributed by atoms with Crippen molar-refractivity contribution in [1.82, 2.24) is 25.1 Å². The molecular weight excluding hydrogens is 256 g/mol. The molecule has 0 aliphatic carbocycles. The lowest BCUT2D eigenvalue weighted by Crippen LogP contribution is -2.62. The Morgan fingerprint density at radius 2 is 2.15 bits per heavy atom. The number of nitrogens with two attached hydrogens (primary N) is 1. The van der Waals surface area contributed by atoms with E-state index in [1.165, 1.54) is 0 Å². The maximum absolute atomic E-state index is 5.81. The molecular formula is C13H26N6O. The number of nitrogens with one attached hydrogen (secondary N) is 1. The van der Waals surface area contributed by atoms with Crippen molar-refractivity contribution in [1.29, 1.82) is 0 Å². The van der Waals surface area contributed by atoms with Gasteiger partial charge in [-0.25, -0.2) is 4.98 Å². The summed E-state index contributed by atoms with van der Waals surface area (Å²) in [4.78, 5) is 6.77. The van der Waals surface area contributed by atoms with E-state index in [2.05, 4.69) is 41.2 Å². The fourth-order valence-corrected chi connectivity index (χ4v) is 2.77. The van der Waals surface area contributed by atoms with Gasteiger partial charge in [-0.1, -0.05) is 0 Å². The van der Waals surface area contributed by atoms with Gasteiger partial charge in [0.2, 0.25) is 0 Å². The predicted molar refractivity (Wildman–Crippen MR) is 77.0 cm³/mol. The third-order valence-electron chi connectivity index (χ3n) is 4.26. The highest BCUT2D eigenvalue weighted by molar-refractivity contribution is 5.00. The SMILES string of the molecule is CCn1ncnc1CC(NN)C(C)(C)N1CCOCC1. The lowest BCUT2D eigenvalue weighted by molar-refractivity contribution is -0.0236. The Balaban J connectivity index is 2.09. The molecule has 1 unspecified atom stereocenters. The molecule has 1 aromatic heterocycles. The Morgan fingerprint density at radius 1 is 1.45 bits per heavy atom. The second-order valence-corrected chi connectivity index (χ2v) is 5.67. The molecule has 20 heavy (non-hydrogen) atoms. The lowest BCUT2D eigenvalue weighted by atomic mass is 9.89. The standard InChI is InChI=1S/C13H26N6O/c1-4-19-12(15-10-16-19)9-11(17-14)13(2,3)18-5-7-20-8-6-18/h10-11,17H,4-9,14H2,1-3H3. The van der Waals surface area contributed by atoms with Crippen molar-refractivity contribution in [3.8, 4) is 0 Å². The van der Waals surface area contributed by atoms with Crippen LogP contribution in [-0.4, -0.2) is 57.5 Å². The first kappa shape index (κ1) is 15.4. The quantitative estimate of drug-likeness (QED) is 0.555. The third-order valence-corrected chi connectivity index (χ3v) is 4.26. The third kappa shape index (κ3) is 3.17. The number of rotatable bonds is 6. The van der Waals surface area contributed by atoms with E-state index in [4.69, 9.17) is 10.6 Å². The summed E-state index contributed by atoms with van der Waals surface area (Å²) in [7, 11) is 0. The zero-order chi connectivity index (χ0) is 14.6. The number of aromatic nitrogens is 3. The molecule has 7 nitrogen and oxygen atoms in total. The van der Waals surface area contributed by atoms with E-state index in [0.717, 1.165) is 45.1 Å². The molecule has 1 atom stereocenters. The zero-order valence-electron chi connectivity index (χ0n) is 12.7. The second kappa shape index (κ2) is 6.62. The van der Waals surface area contributed by atoms with Gasteiger partial charge in [-0.3, -0.25) is 20.9 Å². The van der Waals surface area contributed by atoms with Gasteiger partial charge in [0.05, 0.1) is 13.2 Å². The van der Waals surface area contributed by atoms with Gasteiger partial charge in [0.25, 0.3) is 0 Å². The number of morpholine rings is 1. The monoisotopic (exact) mass is 282 g/mol. The molecule has 7 heteroatoms. The summed E-state index contributed by atoms with van der Waals surface area (Å²) < 4.78 is 7.35. The highest BCUT2D eigenvalue weighted by Crippen LogP contribution is 2.22. The zero-order valence-corrected chi connectivity index (χ0v) is 12.7. The van der Waals surface area contributed by atoms with Crippen LogP contribution in [0.1, 0.15) is 26.6 Å². The molecule has 1 fully saturated rings. The van der Waals surface area contributed by atoms with Crippen molar-refractivity contribution >= 4 is 0 Å². The van der Waals surface area contributed by atoms with E-state index >= 15 is 0 Å². The van der Waals surface area contributed by atoms with E-state index in [1.54, 1.807) is 6.33 Å². The van der Waals surface area contributed by atoms with Gasteiger partial charge in [-0.15, -0.1) is 0 Å². The van der Waals surface area contributed by atoms with E-state index in [0.29, 0.717) is 0 Å². The number of hydrazine groups is 1. The van der Waals surface area contributed by atoms with Crippen LogP contribution in [-0.2, 0) is 17.7 Å². The Hall–Kier alpha value is -1.02. The fourth-order valence-electron chi connectivity index (χ4n) is 2.77. The van der Waals surface area contributed by atoms with Crippen LogP contribution in [0.5, 0.6) is 0 Å². The van der Waals surface area contributed by atoms with Crippen LogP contribution in [0.2, 0.25) is 0 Å². The van der Waals surface area contributed by atoms with Crippen molar-refractivity contribution < 1.29 is 4.74 Å². The predicted octanol–water partition coefficient (Wildman–Crippen LogP) is -0.217. The van der Waals surface area contributed by atoms with Gasteiger partial charge in [0, 0.05) is 37.6 Å². The topological polar surface area (TPSA) is 81.2 Å². The number of nitrogens with zero attached hydrogens (tertiary/aromatic N) is 4. The number of hydrogen-bond donors (Lipinski definition) is 2. The van der Waals surface area contributed by atoms with Crippen molar-refractivity contribution in [2.24, 2.45) is 5.84 Å². The van der Waals surface area contributed by atoms with E-state index in [1.807, 2.05) is 4.68 Å². The first-order valence-corrected chi connectivity index (χ1v) is 7.25. The molecule has 0 spiro atoms. The summed E-state index contributed by atoms with van der Waals surface area (Å²) >= 11 is 0. The molecule has 1 saturated heterocycles. The average molecular weight is 282 g/mol. The Kier molecular flexibility index (Phi) is 5.09. The van der Waals surface area contributed by atoms with Gasteiger partial charge < -0.3 is 4.74 Å². The van der Waals surface area contributed by atoms with Crippen molar-refractivity contribution in [2.75, 3.05) is 26.3 Å². The lowest BCUT2D eigenvalue weighted by Gasteiger charge is -2.45. The van der Waals surface area contributed by atoms with E-state index < -0.39 is 0 Å². The van der Waals surface area contributed by atoms with Gasteiger partial charge in [0.15, 0.2) is 0 Å². The maximum Gasteiger partial charge on any atom is 0.138 e. The molecule has 0 bridgehead atoms. The molecule has 0 saturated carbocycles. The summed E-state index contributed by atoms with van der Waals surface area (Å²) in [6, 6.07) is 0.107.